The van der Waals surface area contributed by atoms with E-state index in [0.29, 0.717) is 23.6 Å². The number of carboxylic acids is 1. The molecule has 0 unspecified atom stereocenters. The van der Waals surface area contributed by atoms with Crippen molar-refractivity contribution in [1.29, 1.82) is 0 Å². The topological polar surface area (TPSA) is 119 Å². The normalized spacial score (nSPS) is 15.9. The van der Waals surface area contributed by atoms with Gasteiger partial charge in [0, 0.05) is 31.9 Å². The van der Waals surface area contributed by atoms with Crippen LogP contribution in [-0.4, -0.2) is 62.8 Å². The fourth-order valence-electron chi connectivity index (χ4n) is 3.76. The van der Waals surface area contributed by atoms with Crippen LogP contribution in [0.4, 0.5) is 5.69 Å². The first-order chi connectivity index (χ1) is 14.8. The molecule has 1 aromatic heterocycles. The van der Waals surface area contributed by atoms with E-state index in [-0.39, 0.29) is 24.8 Å². The van der Waals surface area contributed by atoms with Crippen LogP contribution < -0.4 is 5.32 Å². The maximum Gasteiger partial charge on any atom is 0.305 e. The highest BCUT2D eigenvalue weighted by molar-refractivity contribution is 5.95. The molecule has 1 aliphatic heterocycles. The molecule has 2 heterocycles. The Morgan fingerprint density at radius 1 is 1.26 bits per heavy atom. The number of aromatic nitrogens is 2. The molecule has 160 valence electrons. The van der Waals surface area contributed by atoms with E-state index in [1.54, 1.807) is 37.2 Å². The maximum absolute atomic E-state index is 13.0. The lowest BCUT2D eigenvalue weighted by Gasteiger charge is -2.19. The van der Waals surface area contributed by atoms with E-state index in [9.17, 15) is 14.4 Å². The lowest BCUT2D eigenvalue weighted by Crippen LogP contribution is -2.39. The van der Waals surface area contributed by atoms with Gasteiger partial charge in [0.2, 0.25) is 5.91 Å². The number of likely N-dealkylation sites (N-methyl/N-ethyl adjacent to an activating group) is 1. The summed E-state index contributed by atoms with van der Waals surface area (Å²) in [5, 5.41) is 12.1. The number of amides is 2. The number of nitrogens with zero attached hydrogens (tertiary/aromatic N) is 3. The Labute approximate surface area is 178 Å². The SMILES string of the molecule is CN(Cc1nc2ccccc2[nH]1)C(=O)c1ccc2c(c1)CN(C)C(=O)[C@@H](CC(=O)O)N2. The van der Waals surface area contributed by atoms with E-state index in [4.69, 9.17) is 5.11 Å². The van der Waals surface area contributed by atoms with Crippen molar-refractivity contribution < 1.29 is 19.5 Å². The molecule has 0 saturated heterocycles. The molecule has 1 atom stereocenters. The van der Waals surface area contributed by atoms with Gasteiger partial charge in [0.05, 0.1) is 24.0 Å². The molecule has 3 N–H and O–H groups in total. The number of anilines is 1. The molecule has 0 saturated carbocycles. The minimum atomic E-state index is -1.05. The third-order valence-corrected chi connectivity index (χ3v) is 5.31. The number of carbonyl (C=O) groups excluding carboxylic acids is 2. The standard InChI is InChI=1S/C22H23N5O4/c1-26-11-14-9-13(7-8-15(14)23-18(22(26)31)10-20(28)29)21(30)27(2)12-19-24-16-5-3-4-6-17(16)25-19/h3-9,18,23H,10-12H2,1-2H3,(H,24,25)(H,28,29)/t18-/m1/s1. The number of nitrogens with one attached hydrogen (secondary N) is 2. The number of benzene rings is 2. The van der Waals surface area contributed by atoms with Crippen molar-refractivity contribution in [3.8, 4) is 0 Å². The van der Waals surface area contributed by atoms with Crippen molar-refractivity contribution in [1.82, 2.24) is 19.8 Å². The number of aliphatic carboxylic acids is 1. The van der Waals surface area contributed by atoms with Crippen LogP contribution in [0.3, 0.4) is 0 Å². The second-order valence-corrected chi connectivity index (χ2v) is 7.72. The van der Waals surface area contributed by atoms with Gasteiger partial charge in [-0.2, -0.15) is 0 Å². The smallest absolute Gasteiger partial charge is 0.305 e. The number of carbonyl (C=O) groups is 3. The van der Waals surface area contributed by atoms with Crippen molar-refractivity contribution in [3.05, 3.63) is 59.4 Å². The maximum atomic E-state index is 13.0. The summed E-state index contributed by atoms with van der Waals surface area (Å²) in [5.41, 5.74) is 3.65. The van der Waals surface area contributed by atoms with Gasteiger partial charge in [-0.15, -0.1) is 0 Å². The largest absolute Gasteiger partial charge is 0.481 e. The first kappa shape index (κ1) is 20.4. The Morgan fingerprint density at radius 2 is 2.03 bits per heavy atom. The van der Waals surface area contributed by atoms with Crippen molar-refractivity contribution in [2.24, 2.45) is 0 Å². The van der Waals surface area contributed by atoms with E-state index < -0.39 is 12.0 Å². The lowest BCUT2D eigenvalue weighted by molar-refractivity contribution is -0.141. The Hall–Kier alpha value is -3.88. The van der Waals surface area contributed by atoms with Crippen LogP contribution in [0, 0.1) is 0 Å². The molecule has 0 fully saturated rings. The van der Waals surface area contributed by atoms with Crippen LogP contribution in [0.2, 0.25) is 0 Å². The molecule has 1 aliphatic rings. The Bertz CT molecular complexity index is 1140. The van der Waals surface area contributed by atoms with Crippen LogP contribution in [-0.2, 0) is 22.7 Å². The van der Waals surface area contributed by atoms with Crippen LogP contribution in [0.5, 0.6) is 0 Å². The fraction of sp³-hybridized carbons (Fsp3) is 0.273. The minimum absolute atomic E-state index is 0.177. The average Bonchev–Trinajstić information content (AvgIpc) is 3.10. The van der Waals surface area contributed by atoms with Gasteiger partial charge in [-0.3, -0.25) is 14.4 Å². The summed E-state index contributed by atoms with van der Waals surface area (Å²) in [5.74, 6) is -0.839. The summed E-state index contributed by atoms with van der Waals surface area (Å²) in [7, 11) is 3.33. The van der Waals surface area contributed by atoms with Crippen molar-refractivity contribution in [2.45, 2.75) is 25.6 Å². The second kappa shape index (κ2) is 8.10. The zero-order chi connectivity index (χ0) is 22.1. The third kappa shape index (κ3) is 4.20. The minimum Gasteiger partial charge on any atom is -0.481 e. The quantitative estimate of drug-likeness (QED) is 0.580. The molecule has 4 rings (SSSR count). The zero-order valence-electron chi connectivity index (χ0n) is 17.3. The molecule has 0 aliphatic carbocycles. The Kier molecular flexibility index (Phi) is 5.33. The van der Waals surface area contributed by atoms with Gasteiger partial charge in [-0.25, -0.2) is 4.98 Å². The summed E-state index contributed by atoms with van der Waals surface area (Å²) >= 11 is 0. The number of hydrogen-bond donors (Lipinski definition) is 3. The van der Waals surface area contributed by atoms with Crippen molar-refractivity contribution in [2.75, 3.05) is 19.4 Å². The number of carboxylic acid groups (broad SMARTS) is 1. The molecule has 0 bridgehead atoms. The van der Waals surface area contributed by atoms with Crippen LogP contribution in [0.25, 0.3) is 11.0 Å². The zero-order valence-corrected chi connectivity index (χ0v) is 17.3. The van der Waals surface area contributed by atoms with Gasteiger partial charge < -0.3 is 25.2 Å². The molecule has 9 heteroatoms. The molecular weight excluding hydrogens is 398 g/mol. The van der Waals surface area contributed by atoms with Crippen LogP contribution >= 0.6 is 0 Å². The Balaban J connectivity index is 1.53. The molecule has 2 aromatic carbocycles. The summed E-state index contributed by atoms with van der Waals surface area (Å²) in [4.78, 5) is 47.3. The van der Waals surface area contributed by atoms with Crippen molar-refractivity contribution in [3.63, 3.8) is 0 Å². The van der Waals surface area contributed by atoms with E-state index >= 15 is 0 Å². The molecule has 0 radical (unpaired) electrons. The molecule has 2 amide bonds. The number of H-pyrrole nitrogens is 1. The van der Waals surface area contributed by atoms with Crippen molar-refractivity contribution >= 4 is 34.5 Å². The third-order valence-electron chi connectivity index (χ3n) is 5.31. The number of para-hydroxylation sites is 2. The molecule has 0 spiro atoms. The van der Waals surface area contributed by atoms with Gasteiger partial charge in [0.25, 0.3) is 5.91 Å². The summed E-state index contributed by atoms with van der Waals surface area (Å²) in [6.07, 6.45) is -0.316. The van der Waals surface area contributed by atoms with E-state index in [1.807, 2.05) is 24.3 Å². The predicted molar refractivity (Wildman–Crippen MR) is 114 cm³/mol. The second-order valence-electron chi connectivity index (χ2n) is 7.72. The molecule has 3 aromatic rings. The number of hydrogen-bond acceptors (Lipinski definition) is 5. The highest BCUT2D eigenvalue weighted by Gasteiger charge is 2.29. The first-order valence-electron chi connectivity index (χ1n) is 9.87. The van der Waals surface area contributed by atoms with Gasteiger partial charge in [0.1, 0.15) is 11.9 Å². The summed E-state index contributed by atoms with van der Waals surface area (Å²) < 4.78 is 0. The summed E-state index contributed by atoms with van der Waals surface area (Å²) in [6, 6.07) is 12.0. The van der Waals surface area contributed by atoms with Gasteiger partial charge >= 0.3 is 5.97 Å². The predicted octanol–water partition coefficient (Wildman–Crippen LogP) is 2.06. The fourth-order valence-corrected chi connectivity index (χ4v) is 3.76. The van der Waals surface area contributed by atoms with Crippen LogP contribution in [0.1, 0.15) is 28.2 Å². The average molecular weight is 421 g/mol. The first-order valence-corrected chi connectivity index (χ1v) is 9.87. The van der Waals surface area contributed by atoms with E-state index in [1.165, 1.54) is 4.90 Å². The van der Waals surface area contributed by atoms with Gasteiger partial charge in [0.15, 0.2) is 0 Å². The van der Waals surface area contributed by atoms with Gasteiger partial charge in [-0.05, 0) is 35.9 Å². The molecule has 9 nitrogen and oxygen atoms in total. The van der Waals surface area contributed by atoms with Gasteiger partial charge in [-0.1, -0.05) is 12.1 Å². The number of imidazole rings is 1. The summed E-state index contributed by atoms with van der Waals surface area (Å²) in [6.45, 7) is 0.605. The number of aromatic amines is 1. The number of fused-ring (bicyclic) bond motifs is 2. The lowest BCUT2D eigenvalue weighted by atomic mass is 10.1. The Morgan fingerprint density at radius 3 is 2.77 bits per heavy atom. The monoisotopic (exact) mass is 421 g/mol. The highest BCUT2D eigenvalue weighted by Crippen LogP contribution is 2.25. The molecular formula is C22H23N5O4. The van der Waals surface area contributed by atoms with E-state index in [0.717, 1.165) is 16.6 Å². The van der Waals surface area contributed by atoms with E-state index in [2.05, 4.69) is 15.3 Å². The number of rotatable bonds is 5. The van der Waals surface area contributed by atoms with Crippen LogP contribution in [0.15, 0.2) is 42.5 Å². The highest BCUT2D eigenvalue weighted by atomic mass is 16.4. The molecule has 31 heavy (non-hydrogen) atoms.